The smallest absolute Gasteiger partial charge is 0.224 e. The lowest BCUT2D eigenvalue weighted by Gasteiger charge is -2.10. The van der Waals surface area contributed by atoms with Crippen molar-refractivity contribution in [2.75, 3.05) is 24.3 Å². The second-order valence-corrected chi connectivity index (χ2v) is 6.81. The van der Waals surface area contributed by atoms with Crippen LogP contribution in [0.25, 0.3) is 5.57 Å². The molecule has 7 heteroatoms. The Kier molecular flexibility index (Phi) is 6.63. The van der Waals surface area contributed by atoms with Gasteiger partial charge in [0.15, 0.2) is 0 Å². The van der Waals surface area contributed by atoms with Crippen molar-refractivity contribution >= 4 is 23.2 Å². The van der Waals surface area contributed by atoms with Gasteiger partial charge in [0.05, 0.1) is 19.3 Å². The molecule has 0 aliphatic heterocycles. The Hall–Kier alpha value is -3.61. The van der Waals surface area contributed by atoms with Crippen molar-refractivity contribution < 1.29 is 4.74 Å². The van der Waals surface area contributed by atoms with Gasteiger partial charge in [0, 0.05) is 12.3 Å². The Morgan fingerprint density at radius 1 is 1.24 bits per heavy atom. The fourth-order valence-electron chi connectivity index (χ4n) is 2.63. The molecule has 0 radical (unpaired) electrons. The molecule has 0 amide bonds. The molecule has 2 heterocycles. The van der Waals surface area contributed by atoms with Crippen molar-refractivity contribution in [3.63, 3.8) is 0 Å². The first-order chi connectivity index (χ1) is 14.0. The van der Waals surface area contributed by atoms with Gasteiger partial charge >= 0.3 is 0 Å². The van der Waals surface area contributed by atoms with Crippen molar-refractivity contribution in [3.05, 3.63) is 78.3 Å². The van der Waals surface area contributed by atoms with E-state index in [-0.39, 0.29) is 0 Å². The molecular weight excluding hydrogens is 364 g/mol. The highest BCUT2D eigenvalue weighted by atomic mass is 16.5. The minimum absolute atomic E-state index is 0.356. The van der Waals surface area contributed by atoms with Gasteiger partial charge in [-0.2, -0.15) is 10.1 Å². The molecule has 0 atom stereocenters. The number of rotatable bonds is 9. The average Bonchev–Trinajstić information content (AvgIpc) is 3.20. The molecule has 0 aliphatic carbocycles. The van der Waals surface area contributed by atoms with Crippen LogP contribution in [0.5, 0.6) is 0 Å². The molecule has 1 aromatic carbocycles. The van der Waals surface area contributed by atoms with Gasteiger partial charge in [0.2, 0.25) is 5.95 Å². The number of allylic oxidation sites excluding steroid dienone is 2. The van der Waals surface area contributed by atoms with E-state index in [0.717, 1.165) is 28.4 Å². The third kappa shape index (κ3) is 5.68. The lowest BCUT2D eigenvalue weighted by Crippen LogP contribution is -2.10. The van der Waals surface area contributed by atoms with Gasteiger partial charge in [-0.3, -0.25) is 5.10 Å². The fourth-order valence-corrected chi connectivity index (χ4v) is 2.63. The predicted molar refractivity (Wildman–Crippen MR) is 117 cm³/mol. The summed E-state index contributed by atoms with van der Waals surface area (Å²) in [5.41, 5.74) is 2.92. The van der Waals surface area contributed by atoms with Crippen molar-refractivity contribution in [3.8, 4) is 0 Å². The Labute approximate surface area is 171 Å². The summed E-state index contributed by atoms with van der Waals surface area (Å²) in [5, 5.41) is 13.6. The molecular formula is C22H26N6O. The summed E-state index contributed by atoms with van der Waals surface area (Å²) in [6.45, 7) is 8.74. The molecule has 0 bridgehead atoms. The topological polar surface area (TPSA) is 87.8 Å². The van der Waals surface area contributed by atoms with Crippen molar-refractivity contribution in [1.29, 1.82) is 0 Å². The average molecular weight is 390 g/mol. The third-order valence-corrected chi connectivity index (χ3v) is 4.27. The Morgan fingerprint density at radius 2 is 2.03 bits per heavy atom. The molecule has 0 saturated heterocycles. The lowest BCUT2D eigenvalue weighted by atomic mass is 10.1. The van der Waals surface area contributed by atoms with Crippen LogP contribution >= 0.6 is 0 Å². The van der Waals surface area contributed by atoms with Gasteiger partial charge in [-0.15, -0.1) is 0 Å². The summed E-state index contributed by atoms with van der Waals surface area (Å²) in [6.07, 6.45) is 3.60. The summed E-state index contributed by atoms with van der Waals surface area (Å²) >= 11 is 0. The molecule has 3 aromatic rings. The number of H-pyrrole nitrogens is 1. The molecule has 0 fully saturated rings. The summed E-state index contributed by atoms with van der Waals surface area (Å²) in [5.74, 6) is 3.03. The maximum absolute atomic E-state index is 5.47. The number of aromatic nitrogens is 4. The SMILES string of the molecule is C=C(/C=C(/CNc1nccc(Nc2cc(C(C)C)n[nH]2)n1)OC)c1ccccc1. The van der Waals surface area contributed by atoms with Crippen LogP contribution in [0.15, 0.2) is 67.1 Å². The monoisotopic (exact) mass is 390 g/mol. The number of hydrogen-bond donors (Lipinski definition) is 3. The molecule has 0 spiro atoms. The lowest BCUT2D eigenvalue weighted by molar-refractivity contribution is 0.290. The minimum Gasteiger partial charge on any atom is -0.499 e. The van der Waals surface area contributed by atoms with Gasteiger partial charge in [0.25, 0.3) is 0 Å². The standard InChI is InChI=1S/C22H26N6O/c1-15(2)19-13-21(28-27-19)25-20-10-11-23-22(26-20)24-14-18(29-4)12-16(3)17-8-6-5-7-9-17/h5-13,15H,3,14H2,1-2,4H3,(H3,23,24,25,26,27,28)/b18-12-. The van der Waals surface area contributed by atoms with Crippen LogP contribution < -0.4 is 10.6 Å². The third-order valence-electron chi connectivity index (χ3n) is 4.27. The molecule has 0 saturated carbocycles. The van der Waals surface area contributed by atoms with Crippen molar-refractivity contribution in [1.82, 2.24) is 20.2 Å². The Bertz CT molecular complexity index is 978. The van der Waals surface area contributed by atoms with Crippen LogP contribution in [0.1, 0.15) is 31.0 Å². The second kappa shape index (κ2) is 9.54. The van der Waals surface area contributed by atoms with E-state index >= 15 is 0 Å². The number of nitrogens with one attached hydrogen (secondary N) is 3. The molecule has 3 N–H and O–H groups in total. The van der Waals surface area contributed by atoms with Gasteiger partial charge in [-0.25, -0.2) is 4.98 Å². The minimum atomic E-state index is 0.356. The number of hydrogen-bond acceptors (Lipinski definition) is 6. The molecule has 0 aliphatic rings. The molecule has 2 aromatic heterocycles. The van der Waals surface area contributed by atoms with E-state index in [1.54, 1.807) is 19.4 Å². The van der Waals surface area contributed by atoms with Gasteiger partial charge in [0.1, 0.15) is 17.4 Å². The maximum atomic E-state index is 5.47. The van der Waals surface area contributed by atoms with Crippen LogP contribution in [-0.2, 0) is 4.74 Å². The van der Waals surface area contributed by atoms with Crippen LogP contribution in [0.4, 0.5) is 17.6 Å². The normalized spacial score (nSPS) is 11.4. The van der Waals surface area contributed by atoms with Gasteiger partial charge in [-0.1, -0.05) is 50.8 Å². The van der Waals surface area contributed by atoms with E-state index in [2.05, 4.69) is 51.2 Å². The summed E-state index contributed by atoms with van der Waals surface area (Å²) in [7, 11) is 1.63. The van der Waals surface area contributed by atoms with Crippen LogP contribution in [-0.4, -0.2) is 33.8 Å². The molecule has 7 nitrogen and oxygen atoms in total. The molecule has 3 rings (SSSR count). The zero-order valence-corrected chi connectivity index (χ0v) is 16.9. The van der Waals surface area contributed by atoms with Crippen molar-refractivity contribution in [2.45, 2.75) is 19.8 Å². The van der Waals surface area contributed by atoms with Gasteiger partial charge < -0.3 is 15.4 Å². The van der Waals surface area contributed by atoms with Crippen molar-refractivity contribution in [2.24, 2.45) is 0 Å². The first kappa shape index (κ1) is 20.1. The number of benzene rings is 1. The van der Waals surface area contributed by atoms with E-state index in [9.17, 15) is 0 Å². The second-order valence-electron chi connectivity index (χ2n) is 6.81. The number of methoxy groups -OCH3 is 1. The first-order valence-electron chi connectivity index (χ1n) is 9.43. The van der Waals surface area contributed by atoms with Crippen LogP contribution in [0.2, 0.25) is 0 Å². The number of anilines is 3. The first-order valence-corrected chi connectivity index (χ1v) is 9.43. The number of nitrogens with zero attached hydrogens (tertiary/aromatic N) is 3. The zero-order chi connectivity index (χ0) is 20.6. The van der Waals surface area contributed by atoms with E-state index < -0.39 is 0 Å². The highest BCUT2D eigenvalue weighted by Crippen LogP contribution is 2.19. The van der Waals surface area contributed by atoms with E-state index in [1.165, 1.54) is 0 Å². The maximum Gasteiger partial charge on any atom is 0.224 e. The predicted octanol–water partition coefficient (Wildman–Crippen LogP) is 4.72. The summed E-state index contributed by atoms with van der Waals surface area (Å²) in [4.78, 5) is 8.74. The van der Waals surface area contributed by atoms with E-state index in [0.29, 0.717) is 24.2 Å². The molecule has 150 valence electrons. The number of ether oxygens (including phenoxy) is 1. The van der Waals surface area contributed by atoms with E-state index in [1.807, 2.05) is 42.5 Å². The quantitative estimate of drug-likeness (QED) is 0.362. The van der Waals surface area contributed by atoms with Gasteiger partial charge in [-0.05, 0) is 29.2 Å². The Balaban J connectivity index is 1.63. The van der Waals surface area contributed by atoms with Crippen LogP contribution in [0.3, 0.4) is 0 Å². The largest absolute Gasteiger partial charge is 0.499 e. The summed E-state index contributed by atoms with van der Waals surface area (Å²) in [6, 6.07) is 13.7. The number of aromatic amines is 1. The highest BCUT2D eigenvalue weighted by molar-refractivity contribution is 5.72. The van der Waals surface area contributed by atoms with Crippen LogP contribution in [0, 0.1) is 0 Å². The Morgan fingerprint density at radius 3 is 2.72 bits per heavy atom. The fraction of sp³-hybridized carbons (Fsp3) is 0.227. The molecule has 29 heavy (non-hydrogen) atoms. The zero-order valence-electron chi connectivity index (χ0n) is 16.9. The van der Waals surface area contributed by atoms with E-state index in [4.69, 9.17) is 4.74 Å². The molecule has 0 unspecified atom stereocenters. The highest BCUT2D eigenvalue weighted by Gasteiger charge is 2.07. The summed E-state index contributed by atoms with van der Waals surface area (Å²) < 4.78 is 5.47.